The van der Waals surface area contributed by atoms with Crippen LogP contribution in [0.5, 0.6) is 0 Å². The van der Waals surface area contributed by atoms with E-state index in [-0.39, 0.29) is 0 Å². The number of ether oxygens (including phenoxy) is 1. The highest BCUT2D eigenvalue weighted by Gasteiger charge is 2.09. The smallest absolute Gasteiger partial charge is 0.127 e. The number of anilines is 2. The molecule has 0 amide bonds. The summed E-state index contributed by atoms with van der Waals surface area (Å²) in [7, 11) is 1.74. The molecule has 1 aromatic rings. The van der Waals surface area contributed by atoms with Crippen molar-refractivity contribution in [3.05, 3.63) is 18.3 Å². The van der Waals surface area contributed by atoms with Crippen LogP contribution < -0.4 is 10.2 Å². The van der Waals surface area contributed by atoms with Gasteiger partial charge in [0.2, 0.25) is 0 Å². The van der Waals surface area contributed by atoms with Gasteiger partial charge in [-0.15, -0.1) is 0 Å². The molecule has 0 aromatic carbocycles. The van der Waals surface area contributed by atoms with E-state index >= 15 is 0 Å². The van der Waals surface area contributed by atoms with Crippen molar-refractivity contribution in [2.24, 2.45) is 5.92 Å². The molecule has 0 atom stereocenters. The molecule has 0 radical (unpaired) electrons. The second kappa shape index (κ2) is 7.93. The van der Waals surface area contributed by atoms with E-state index in [4.69, 9.17) is 4.74 Å². The highest BCUT2D eigenvalue weighted by Crippen LogP contribution is 2.18. The summed E-state index contributed by atoms with van der Waals surface area (Å²) in [5, 5.41) is 3.24. The first-order chi connectivity index (χ1) is 8.67. The Morgan fingerprint density at radius 3 is 2.83 bits per heavy atom. The zero-order valence-electron chi connectivity index (χ0n) is 11.9. The summed E-state index contributed by atoms with van der Waals surface area (Å²) in [5.41, 5.74) is 1.20. The van der Waals surface area contributed by atoms with Gasteiger partial charge in [0.1, 0.15) is 5.82 Å². The van der Waals surface area contributed by atoms with Crippen LogP contribution in [0, 0.1) is 5.92 Å². The summed E-state index contributed by atoms with van der Waals surface area (Å²) in [6.45, 7) is 10.1. The number of nitrogens with zero attached hydrogens (tertiary/aromatic N) is 2. The third kappa shape index (κ3) is 4.92. The fourth-order valence-corrected chi connectivity index (χ4v) is 1.86. The second-order valence-electron chi connectivity index (χ2n) is 4.76. The van der Waals surface area contributed by atoms with E-state index in [9.17, 15) is 0 Å². The van der Waals surface area contributed by atoms with Gasteiger partial charge in [-0.1, -0.05) is 13.8 Å². The van der Waals surface area contributed by atoms with Crippen LogP contribution in [-0.4, -0.2) is 38.3 Å². The van der Waals surface area contributed by atoms with Crippen molar-refractivity contribution in [2.75, 3.05) is 43.6 Å². The normalized spacial score (nSPS) is 10.7. The lowest BCUT2D eigenvalue weighted by atomic mass is 10.2. The Morgan fingerprint density at radius 2 is 2.22 bits per heavy atom. The largest absolute Gasteiger partial charge is 0.383 e. The maximum Gasteiger partial charge on any atom is 0.127 e. The van der Waals surface area contributed by atoms with Gasteiger partial charge in [-0.05, 0) is 18.9 Å². The van der Waals surface area contributed by atoms with Crippen molar-refractivity contribution in [1.82, 2.24) is 4.98 Å². The molecule has 0 saturated heterocycles. The standard InChI is InChI=1S/C14H25N3O/c1-5-15-14-10-13(6-7-16-14)17(8-9-18-4)11-12(2)3/h6-7,10,12H,5,8-9,11H2,1-4H3,(H,15,16). The molecule has 0 aliphatic rings. The fourth-order valence-electron chi connectivity index (χ4n) is 1.86. The van der Waals surface area contributed by atoms with Gasteiger partial charge in [0.05, 0.1) is 6.61 Å². The molecule has 4 nitrogen and oxygen atoms in total. The van der Waals surface area contributed by atoms with E-state index in [1.165, 1.54) is 5.69 Å². The first-order valence-corrected chi connectivity index (χ1v) is 6.61. The summed E-state index contributed by atoms with van der Waals surface area (Å²) in [6.07, 6.45) is 1.85. The van der Waals surface area contributed by atoms with E-state index < -0.39 is 0 Å². The number of hydrogen-bond donors (Lipinski definition) is 1. The van der Waals surface area contributed by atoms with E-state index in [0.29, 0.717) is 5.92 Å². The molecular weight excluding hydrogens is 226 g/mol. The molecule has 1 rings (SSSR count). The summed E-state index contributed by atoms with van der Waals surface area (Å²) in [5.74, 6) is 1.55. The molecule has 0 aliphatic carbocycles. The van der Waals surface area contributed by atoms with Gasteiger partial charge in [-0.25, -0.2) is 4.98 Å². The van der Waals surface area contributed by atoms with Crippen LogP contribution in [0.25, 0.3) is 0 Å². The molecule has 1 heterocycles. The predicted octanol–water partition coefficient (Wildman–Crippen LogP) is 2.62. The average Bonchev–Trinajstić information content (AvgIpc) is 2.35. The lowest BCUT2D eigenvalue weighted by Gasteiger charge is -2.26. The van der Waals surface area contributed by atoms with Gasteiger partial charge in [0, 0.05) is 44.7 Å². The van der Waals surface area contributed by atoms with Gasteiger partial charge in [-0.3, -0.25) is 0 Å². The first-order valence-electron chi connectivity index (χ1n) is 6.61. The van der Waals surface area contributed by atoms with Crippen molar-refractivity contribution in [1.29, 1.82) is 0 Å². The van der Waals surface area contributed by atoms with Gasteiger partial charge in [0.15, 0.2) is 0 Å². The van der Waals surface area contributed by atoms with Crippen molar-refractivity contribution in [3.63, 3.8) is 0 Å². The van der Waals surface area contributed by atoms with Gasteiger partial charge in [-0.2, -0.15) is 0 Å². The van der Waals surface area contributed by atoms with Crippen LogP contribution in [0.15, 0.2) is 18.3 Å². The van der Waals surface area contributed by atoms with Gasteiger partial charge < -0.3 is 15.0 Å². The minimum absolute atomic E-state index is 0.623. The number of aromatic nitrogens is 1. The summed E-state index contributed by atoms with van der Waals surface area (Å²) in [6, 6.07) is 4.15. The molecule has 0 bridgehead atoms. The van der Waals surface area contributed by atoms with E-state index in [1.54, 1.807) is 7.11 Å². The number of pyridine rings is 1. The average molecular weight is 251 g/mol. The maximum absolute atomic E-state index is 5.18. The molecule has 1 aromatic heterocycles. The number of methoxy groups -OCH3 is 1. The Balaban J connectivity index is 2.78. The van der Waals surface area contributed by atoms with Crippen LogP contribution >= 0.6 is 0 Å². The zero-order chi connectivity index (χ0) is 13.4. The maximum atomic E-state index is 5.18. The van der Waals surface area contributed by atoms with Crippen molar-refractivity contribution >= 4 is 11.5 Å². The van der Waals surface area contributed by atoms with Crippen LogP contribution in [-0.2, 0) is 4.74 Å². The lowest BCUT2D eigenvalue weighted by Crippen LogP contribution is -2.31. The van der Waals surface area contributed by atoms with E-state index in [0.717, 1.165) is 32.1 Å². The number of rotatable bonds is 8. The Hall–Kier alpha value is -1.29. The summed E-state index contributed by atoms with van der Waals surface area (Å²) < 4.78 is 5.18. The minimum atomic E-state index is 0.623. The van der Waals surface area contributed by atoms with Crippen LogP contribution in [0.2, 0.25) is 0 Å². The first kappa shape index (κ1) is 14.8. The Bertz CT molecular complexity index is 342. The highest BCUT2D eigenvalue weighted by molar-refractivity contribution is 5.53. The van der Waals surface area contributed by atoms with Crippen molar-refractivity contribution in [2.45, 2.75) is 20.8 Å². The molecule has 1 N–H and O–H groups in total. The molecule has 0 fully saturated rings. The topological polar surface area (TPSA) is 37.4 Å². The Kier molecular flexibility index (Phi) is 6.50. The van der Waals surface area contributed by atoms with Gasteiger partial charge >= 0.3 is 0 Å². The van der Waals surface area contributed by atoms with Crippen molar-refractivity contribution < 1.29 is 4.74 Å². The van der Waals surface area contributed by atoms with Crippen LogP contribution in [0.4, 0.5) is 11.5 Å². The third-order valence-electron chi connectivity index (χ3n) is 2.62. The minimum Gasteiger partial charge on any atom is -0.383 e. The molecule has 4 heteroatoms. The highest BCUT2D eigenvalue weighted by atomic mass is 16.5. The molecule has 0 aliphatic heterocycles. The van der Waals surface area contributed by atoms with E-state index in [2.05, 4.69) is 48.1 Å². The zero-order valence-corrected chi connectivity index (χ0v) is 11.9. The summed E-state index contributed by atoms with van der Waals surface area (Å²) >= 11 is 0. The molecule has 102 valence electrons. The molecule has 18 heavy (non-hydrogen) atoms. The Morgan fingerprint density at radius 1 is 1.44 bits per heavy atom. The molecule has 0 saturated carbocycles. The second-order valence-corrected chi connectivity index (χ2v) is 4.76. The predicted molar refractivity (Wildman–Crippen MR) is 77.3 cm³/mol. The Labute approximate surface area is 110 Å². The monoisotopic (exact) mass is 251 g/mol. The van der Waals surface area contributed by atoms with Gasteiger partial charge in [0.25, 0.3) is 0 Å². The van der Waals surface area contributed by atoms with E-state index in [1.807, 2.05) is 6.20 Å². The third-order valence-corrected chi connectivity index (χ3v) is 2.62. The fraction of sp³-hybridized carbons (Fsp3) is 0.643. The lowest BCUT2D eigenvalue weighted by molar-refractivity contribution is 0.204. The SMILES string of the molecule is CCNc1cc(N(CCOC)CC(C)C)ccn1. The van der Waals surface area contributed by atoms with Crippen molar-refractivity contribution in [3.8, 4) is 0 Å². The molecular formula is C14H25N3O. The summed E-state index contributed by atoms with van der Waals surface area (Å²) in [4.78, 5) is 6.65. The van der Waals surface area contributed by atoms with Crippen LogP contribution in [0.1, 0.15) is 20.8 Å². The van der Waals surface area contributed by atoms with Crippen LogP contribution in [0.3, 0.4) is 0 Å². The number of hydrogen-bond acceptors (Lipinski definition) is 4. The number of nitrogens with one attached hydrogen (secondary N) is 1. The molecule has 0 unspecified atom stereocenters. The quantitative estimate of drug-likeness (QED) is 0.770. The molecule has 0 spiro atoms.